The summed E-state index contributed by atoms with van der Waals surface area (Å²) >= 11 is 0. The van der Waals surface area contributed by atoms with Crippen molar-refractivity contribution >= 4 is 11.8 Å². The van der Waals surface area contributed by atoms with Crippen molar-refractivity contribution < 1.29 is 9.59 Å². The van der Waals surface area contributed by atoms with Crippen LogP contribution >= 0.6 is 0 Å². The molecule has 2 amide bonds. The molecule has 4 nitrogen and oxygen atoms in total. The van der Waals surface area contributed by atoms with Crippen molar-refractivity contribution in [2.45, 2.75) is 12.8 Å². The van der Waals surface area contributed by atoms with Crippen LogP contribution in [0.4, 0.5) is 0 Å². The molecule has 1 fully saturated rings. The van der Waals surface area contributed by atoms with Crippen LogP contribution in [0.15, 0.2) is 0 Å². The van der Waals surface area contributed by atoms with E-state index in [-0.39, 0.29) is 11.8 Å². The van der Waals surface area contributed by atoms with Crippen LogP contribution in [0.3, 0.4) is 0 Å². The Bertz CT molecular complexity index is 209. The molecule has 68 valence electrons. The molecule has 0 aromatic rings. The highest BCUT2D eigenvalue weighted by atomic mass is 16.2. The summed E-state index contributed by atoms with van der Waals surface area (Å²) in [5, 5.41) is 0. The van der Waals surface area contributed by atoms with E-state index in [1.54, 1.807) is 14.1 Å². The number of hydrogen-bond acceptors (Lipinski definition) is 2. The molecule has 4 heteroatoms. The van der Waals surface area contributed by atoms with Gasteiger partial charge in [-0.05, 0) is 18.8 Å². The molecule has 1 saturated carbocycles. The fourth-order valence-corrected chi connectivity index (χ4v) is 1.26. The number of nitrogens with two attached hydrogens (primary N) is 1. The SMILES string of the molecule is CN(C)C(=O)[C@H](C(N)=O)C1CC1. The second-order valence-electron chi connectivity index (χ2n) is 3.45. The van der Waals surface area contributed by atoms with Gasteiger partial charge in [-0.2, -0.15) is 0 Å². The Kier molecular flexibility index (Phi) is 2.35. The molecule has 1 atom stereocenters. The van der Waals surface area contributed by atoms with Crippen molar-refractivity contribution in [3.63, 3.8) is 0 Å². The second-order valence-corrected chi connectivity index (χ2v) is 3.45. The Morgan fingerprint density at radius 2 is 1.92 bits per heavy atom. The summed E-state index contributed by atoms with van der Waals surface area (Å²) in [7, 11) is 3.28. The molecule has 1 aliphatic rings. The Labute approximate surface area is 71.7 Å². The van der Waals surface area contributed by atoms with Crippen molar-refractivity contribution in [2.75, 3.05) is 14.1 Å². The molecule has 0 saturated heterocycles. The summed E-state index contributed by atoms with van der Waals surface area (Å²) in [6.45, 7) is 0. The molecular weight excluding hydrogens is 156 g/mol. The smallest absolute Gasteiger partial charge is 0.234 e. The molecule has 1 aliphatic carbocycles. The number of carbonyl (C=O) groups excluding carboxylic acids is 2. The van der Waals surface area contributed by atoms with Crippen LogP contribution in [0.1, 0.15) is 12.8 Å². The van der Waals surface area contributed by atoms with Crippen molar-refractivity contribution in [2.24, 2.45) is 17.6 Å². The lowest BCUT2D eigenvalue weighted by atomic mass is 10.0. The van der Waals surface area contributed by atoms with Crippen LogP contribution < -0.4 is 5.73 Å². The zero-order valence-corrected chi connectivity index (χ0v) is 7.41. The highest BCUT2D eigenvalue weighted by Gasteiger charge is 2.40. The zero-order valence-electron chi connectivity index (χ0n) is 7.41. The minimum absolute atomic E-state index is 0.162. The molecular formula is C8H14N2O2. The van der Waals surface area contributed by atoms with Gasteiger partial charge in [0, 0.05) is 14.1 Å². The van der Waals surface area contributed by atoms with Gasteiger partial charge in [0.15, 0.2) is 0 Å². The number of rotatable bonds is 3. The Balaban J connectivity index is 2.64. The number of nitrogens with zero attached hydrogens (tertiary/aromatic N) is 1. The third-order valence-electron chi connectivity index (χ3n) is 2.11. The van der Waals surface area contributed by atoms with Gasteiger partial charge in [-0.25, -0.2) is 0 Å². The van der Waals surface area contributed by atoms with Gasteiger partial charge in [-0.1, -0.05) is 0 Å². The van der Waals surface area contributed by atoms with Crippen LogP contribution in [-0.2, 0) is 9.59 Å². The minimum atomic E-state index is -0.583. The highest BCUT2D eigenvalue weighted by molar-refractivity contribution is 6.00. The summed E-state index contributed by atoms with van der Waals surface area (Å²) in [5.74, 6) is -1.03. The van der Waals surface area contributed by atoms with Crippen LogP contribution in [0.25, 0.3) is 0 Å². The van der Waals surface area contributed by atoms with Crippen molar-refractivity contribution in [1.82, 2.24) is 4.90 Å². The first-order valence-electron chi connectivity index (χ1n) is 4.04. The lowest BCUT2D eigenvalue weighted by molar-refractivity contribution is -0.139. The monoisotopic (exact) mass is 170 g/mol. The third kappa shape index (κ3) is 1.75. The molecule has 0 radical (unpaired) electrons. The van der Waals surface area contributed by atoms with Gasteiger partial charge < -0.3 is 10.6 Å². The number of primary amides is 1. The molecule has 0 aliphatic heterocycles. The van der Waals surface area contributed by atoms with Crippen molar-refractivity contribution in [3.8, 4) is 0 Å². The summed E-state index contributed by atoms with van der Waals surface area (Å²) in [6, 6.07) is 0. The first-order chi connectivity index (χ1) is 5.54. The zero-order chi connectivity index (χ0) is 9.30. The summed E-state index contributed by atoms with van der Waals surface area (Å²) < 4.78 is 0. The predicted octanol–water partition coefficient (Wildman–Crippen LogP) is -0.414. The second kappa shape index (κ2) is 3.13. The van der Waals surface area contributed by atoms with Crippen LogP contribution in [0.5, 0.6) is 0 Å². The number of carbonyl (C=O) groups is 2. The minimum Gasteiger partial charge on any atom is -0.369 e. The van der Waals surface area contributed by atoms with E-state index in [2.05, 4.69) is 0 Å². The van der Waals surface area contributed by atoms with E-state index in [1.807, 2.05) is 0 Å². The normalized spacial score (nSPS) is 18.5. The quantitative estimate of drug-likeness (QED) is 0.585. The van der Waals surface area contributed by atoms with E-state index in [0.29, 0.717) is 0 Å². The maximum Gasteiger partial charge on any atom is 0.234 e. The topological polar surface area (TPSA) is 63.4 Å². The lowest BCUT2D eigenvalue weighted by Gasteiger charge is -2.16. The largest absolute Gasteiger partial charge is 0.369 e. The lowest BCUT2D eigenvalue weighted by Crippen LogP contribution is -2.39. The molecule has 0 aromatic carbocycles. The van der Waals surface area contributed by atoms with Crippen molar-refractivity contribution in [3.05, 3.63) is 0 Å². The fraction of sp³-hybridized carbons (Fsp3) is 0.750. The average molecular weight is 170 g/mol. The summed E-state index contributed by atoms with van der Waals surface area (Å²) in [5.41, 5.74) is 5.13. The average Bonchev–Trinajstić information content (AvgIpc) is 2.70. The molecule has 0 spiro atoms. The van der Waals surface area contributed by atoms with Gasteiger partial charge in [-0.3, -0.25) is 9.59 Å². The van der Waals surface area contributed by atoms with Gasteiger partial charge in [0.2, 0.25) is 11.8 Å². The molecule has 1 rings (SSSR count). The van der Waals surface area contributed by atoms with E-state index in [4.69, 9.17) is 5.73 Å². The van der Waals surface area contributed by atoms with E-state index in [1.165, 1.54) is 4.90 Å². The summed E-state index contributed by atoms with van der Waals surface area (Å²) in [4.78, 5) is 23.7. The van der Waals surface area contributed by atoms with E-state index in [9.17, 15) is 9.59 Å². The van der Waals surface area contributed by atoms with Gasteiger partial charge >= 0.3 is 0 Å². The molecule has 2 N–H and O–H groups in total. The van der Waals surface area contributed by atoms with Crippen molar-refractivity contribution in [1.29, 1.82) is 0 Å². The van der Waals surface area contributed by atoms with Crippen LogP contribution in [0, 0.1) is 11.8 Å². The predicted molar refractivity (Wildman–Crippen MR) is 44.1 cm³/mol. The van der Waals surface area contributed by atoms with Gasteiger partial charge in [0.05, 0.1) is 0 Å². The number of hydrogen-bond donors (Lipinski definition) is 1. The highest BCUT2D eigenvalue weighted by Crippen LogP contribution is 2.37. The molecule has 12 heavy (non-hydrogen) atoms. The Morgan fingerprint density at radius 3 is 2.17 bits per heavy atom. The van der Waals surface area contributed by atoms with Crippen LogP contribution in [0.2, 0.25) is 0 Å². The maximum absolute atomic E-state index is 11.4. The Morgan fingerprint density at radius 1 is 1.42 bits per heavy atom. The fourth-order valence-electron chi connectivity index (χ4n) is 1.26. The first-order valence-corrected chi connectivity index (χ1v) is 4.04. The maximum atomic E-state index is 11.4. The standard InChI is InChI=1S/C8H14N2O2/c1-10(2)8(12)6(7(9)11)5-3-4-5/h5-6H,3-4H2,1-2H3,(H2,9,11)/t6-/m0/s1. The molecule has 0 heterocycles. The molecule has 0 unspecified atom stereocenters. The van der Waals surface area contributed by atoms with Gasteiger partial charge in [0.1, 0.15) is 5.92 Å². The molecule has 0 bridgehead atoms. The van der Waals surface area contributed by atoms with Gasteiger partial charge in [0.25, 0.3) is 0 Å². The third-order valence-corrected chi connectivity index (χ3v) is 2.11. The molecule has 0 aromatic heterocycles. The van der Waals surface area contributed by atoms with Gasteiger partial charge in [-0.15, -0.1) is 0 Å². The van der Waals surface area contributed by atoms with E-state index in [0.717, 1.165) is 12.8 Å². The summed E-state index contributed by atoms with van der Waals surface area (Å²) in [6.07, 6.45) is 1.90. The van der Waals surface area contributed by atoms with E-state index >= 15 is 0 Å². The Hall–Kier alpha value is -1.06. The van der Waals surface area contributed by atoms with E-state index < -0.39 is 11.8 Å². The number of amides is 2. The van der Waals surface area contributed by atoms with Crippen LogP contribution in [-0.4, -0.2) is 30.8 Å². The first kappa shape index (κ1) is 9.03.